The smallest absolute Gasteiger partial charge is 0.243 e. The van der Waals surface area contributed by atoms with Crippen LogP contribution < -0.4 is 5.32 Å². The first-order valence-electron chi connectivity index (χ1n) is 6.84. The van der Waals surface area contributed by atoms with Crippen molar-refractivity contribution in [1.82, 2.24) is 14.5 Å². The third kappa shape index (κ3) is 3.98. The molecule has 0 unspecified atom stereocenters. The van der Waals surface area contributed by atoms with Crippen molar-refractivity contribution in [3.63, 3.8) is 0 Å². The highest BCUT2D eigenvalue weighted by molar-refractivity contribution is 7.89. The summed E-state index contributed by atoms with van der Waals surface area (Å²) in [6.45, 7) is 6.12. The van der Waals surface area contributed by atoms with Gasteiger partial charge in [0.1, 0.15) is 0 Å². The molecule has 1 aliphatic rings. The Kier molecular flexibility index (Phi) is 5.80. The van der Waals surface area contributed by atoms with E-state index in [9.17, 15) is 8.42 Å². The number of halogens is 1. The maximum atomic E-state index is 12.6. The summed E-state index contributed by atoms with van der Waals surface area (Å²) in [5, 5.41) is 4.08. The molecule has 0 atom stereocenters. The summed E-state index contributed by atoms with van der Waals surface area (Å²) in [7, 11) is -3.51. The lowest BCUT2D eigenvalue weighted by molar-refractivity contribution is 0.264. The monoisotopic (exact) mass is 359 g/mol. The summed E-state index contributed by atoms with van der Waals surface area (Å²) >= 11 is 11.1. The molecule has 5 nitrogen and oxygen atoms in total. The first kappa shape index (κ1) is 17.2. The van der Waals surface area contributed by atoms with E-state index in [2.05, 4.69) is 11.9 Å². The van der Waals surface area contributed by atoms with Crippen molar-refractivity contribution < 1.29 is 8.42 Å². The van der Waals surface area contributed by atoms with Crippen molar-refractivity contribution in [2.75, 3.05) is 32.7 Å². The van der Waals surface area contributed by atoms with Crippen LogP contribution in [0.3, 0.4) is 0 Å². The number of hydrogen-bond acceptors (Lipinski definition) is 3. The summed E-state index contributed by atoms with van der Waals surface area (Å²) in [4.78, 5) is 2.18. The van der Waals surface area contributed by atoms with Gasteiger partial charge in [0.05, 0.1) is 4.90 Å². The van der Waals surface area contributed by atoms with Crippen LogP contribution in [-0.4, -0.2) is 55.5 Å². The van der Waals surface area contributed by atoms with Crippen LogP contribution >= 0.6 is 23.8 Å². The fraction of sp³-hybridized carbons (Fsp3) is 0.357. The van der Waals surface area contributed by atoms with Crippen LogP contribution in [0.15, 0.2) is 41.8 Å². The van der Waals surface area contributed by atoms with Gasteiger partial charge in [0.15, 0.2) is 5.11 Å². The largest absolute Gasteiger partial charge is 0.359 e. The second-order valence-corrected chi connectivity index (χ2v) is 7.58. The maximum Gasteiger partial charge on any atom is 0.243 e. The van der Waals surface area contributed by atoms with E-state index in [0.717, 1.165) is 0 Å². The molecular weight excluding hydrogens is 342 g/mol. The fourth-order valence-electron chi connectivity index (χ4n) is 2.18. The molecule has 8 heteroatoms. The molecule has 0 spiro atoms. The van der Waals surface area contributed by atoms with Crippen LogP contribution in [0.1, 0.15) is 0 Å². The average molecular weight is 360 g/mol. The molecule has 1 saturated heterocycles. The minimum absolute atomic E-state index is 0.223. The molecule has 1 fully saturated rings. The molecule has 22 heavy (non-hydrogen) atoms. The zero-order chi connectivity index (χ0) is 16.2. The van der Waals surface area contributed by atoms with Crippen LogP contribution in [0.2, 0.25) is 5.02 Å². The summed E-state index contributed by atoms with van der Waals surface area (Å²) in [6.07, 6.45) is 1.73. The molecule has 1 aromatic rings. The van der Waals surface area contributed by atoms with Crippen molar-refractivity contribution in [3.05, 3.63) is 41.9 Å². The van der Waals surface area contributed by atoms with Gasteiger partial charge in [0.2, 0.25) is 10.0 Å². The van der Waals surface area contributed by atoms with Crippen molar-refractivity contribution in [2.45, 2.75) is 4.90 Å². The van der Waals surface area contributed by atoms with Gasteiger partial charge in [-0.1, -0.05) is 23.7 Å². The van der Waals surface area contributed by atoms with Crippen LogP contribution in [0.5, 0.6) is 0 Å². The minimum atomic E-state index is -3.51. The van der Waals surface area contributed by atoms with Gasteiger partial charge in [-0.3, -0.25) is 0 Å². The van der Waals surface area contributed by atoms with Gasteiger partial charge in [0, 0.05) is 37.7 Å². The maximum absolute atomic E-state index is 12.6. The molecule has 1 N–H and O–H groups in total. The lowest BCUT2D eigenvalue weighted by Crippen LogP contribution is -2.53. The Hall–Kier alpha value is -1.15. The Morgan fingerprint density at radius 3 is 2.64 bits per heavy atom. The third-order valence-electron chi connectivity index (χ3n) is 3.36. The topological polar surface area (TPSA) is 52.6 Å². The van der Waals surface area contributed by atoms with Crippen LogP contribution in [0.25, 0.3) is 0 Å². The van der Waals surface area contributed by atoms with Gasteiger partial charge in [0.25, 0.3) is 0 Å². The number of rotatable bonds is 4. The number of nitrogens with zero attached hydrogens (tertiary/aromatic N) is 2. The standard InChI is InChI=1S/C14H18ClN3O2S2/c1-2-6-16-14(21)17-7-9-18(10-8-17)22(19,20)13-5-3-4-12(15)11-13/h2-5,11H,1,6-10H2,(H,16,21). The second kappa shape index (κ2) is 7.41. The molecule has 120 valence electrons. The van der Waals surface area contributed by atoms with Gasteiger partial charge < -0.3 is 10.2 Å². The van der Waals surface area contributed by atoms with Gasteiger partial charge in [-0.15, -0.1) is 6.58 Å². The lowest BCUT2D eigenvalue weighted by atomic mass is 10.4. The van der Waals surface area contributed by atoms with E-state index in [1.807, 2.05) is 4.90 Å². The Balaban J connectivity index is 2.02. The Morgan fingerprint density at radius 2 is 2.05 bits per heavy atom. The Bertz CT molecular complexity index is 656. The SMILES string of the molecule is C=CCNC(=S)N1CCN(S(=O)(=O)c2cccc(Cl)c2)CC1. The first-order chi connectivity index (χ1) is 10.4. The second-order valence-electron chi connectivity index (χ2n) is 4.82. The molecule has 1 aromatic carbocycles. The molecule has 0 bridgehead atoms. The summed E-state index contributed by atoms with van der Waals surface area (Å²) < 4.78 is 26.6. The molecule has 2 rings (SSSR count). The molecule has 0 saturated carbocycles. The predicted molar refractivity (Wildman–Crippen MR) is 92.6 cm³/mol. The summed E-state index contributed by atoms with van der Waals surface area (Å²) in [6, 6.07) is 6.32. The Morgan fingerprint density at radius 1 is 1.36 bits per heavy atom. The lowest BCUT2D eigenvalue weighted by Gasteiger charge is -2.35. The number of benzene rings is 1. The molecule has 1 aliphatic heterocycles. The molecular formula is C14H18ClN3O2S2. The highest BCUT2D eigenvalue weighted by Crippen LogP contribution is 2.20. The van der Waals surface area contributed by atoms with E-state index in [4.69, 9.17) is 23.8 Å². The van der Waals surface area contributed by atoms with Crippen molar-refractivity contribution >= 4 is 39.0 Å². The fourth-order valence-corrected chi connectivity index (χ4v) is 4.17. The van der Waals surface area contributed by atoms with Gasteiger partial charge in [-0.2, -0.15) is 4.31 Å². The van der Waals surface area contributed by atoms with E-state index in [-0.39, 0.29) is 4.90 Å². The van der Waals surface area contributed by atoms with Crippen LogP contribution in [0.4, 0.5) is 0 Å². The summed E-state index contributed by atoms with van der Waals surface area (Å²) in [5.74, 6) is 0. The molecule has 0 radical (unpaired) electrons. The number of thiocarbonyl (C=S) groups is 1. The van der Waals surface area contributed by atoms with E-state index in [0.29, 0.717) is 42.9 Å². The highest BCUT2D eigenvalue weighted by atomic mass is 35.5. The molecule has 1 heterocycles. The van der Waals surface area contributed by atoms with Crippen LogP contribution in [0, 0.1) is 0 Å². The zero-order valence-corrected chi connectivity index (χ0v) is 14.4. The van der Waals surface area contributed by atoms with Gasteiger partial charge in [-0.05, 0) is 30.4 Å². The van der Waals surface area contributed by atoms with E-state index >= 15 is 0 Å². The number of piperazine rings is 1. The zero-order valence-electron chi connectivity index (χ0n) is 12.0. The first-order valence-corrected chi connectivity index (χ1v) is 9.07. The average Bonchev–Trinajstić information content (AvgIpc) is 2.52. The normalized spacial score (nSPS) is 16.3. The number of nitrogens with one attached hydrogen (secondary N) is 1. The summed E-state index contributed by atoms with van der Waals surface area (Å²) in [5.41, 5.74) is 0. The quantitative estimate of drug-likeness (QED) is 0.655. The van der Waals surface area contributed by atoms with E-state index < -0.39 is 10.0 Å². The predicted octanol–water partition coefficient (Wildman–Crippen LogP) is 1.71. The van der Waals surface area contributed by atoms with Crippen molar-refractivity contribution in [3.8, 4) is 0 Å². The number of sulfonamides is 1. The molecule has 0 aliphatic carbocycles. The number of hydrogen-bond donors (Lipinski definition) is 1. The Labute approximate surface area is 141 Å². The minimum Gasteiger partial charge on any atom is -0.359 e. The van der Waals surface area contributed by atoms with Gasteiger partial charge in [-0.25, -0.2) is 8.42 Å². The van der Waals surface area contributed by atoms with Crippen molar-refractivity contribution in [2.24, 2.45) is 0 Å². The van der Waals surface area contributed by atoms with E-state index in [1.54, 1.807) is 24.3 Å². The van der Waals surface area contributed by atoms with Gasteiger partial charge >= 0.3 is 0 Å². The third-order valence-corrected chi connectivity index (χ3v) is 5.89. The van der Waals surface area contributed by atoms with Crippen LogP contribution in [-0.2, 0) is 10.0 Å². The van der Waals surface area contributed by atoms with Crippen molar-refractivity contribution in [1.29, 1.82) is 0 Å². The van der Waals surface area contributed by atoms with E-state index in [1.165, 1.54) is 10.4 Å². The molecule has 0 aromatic heterocycles. The molecule has 0 amide bonds. The highest BCUT2D eigenvalue weighted by Gasteiger charge is 2.29.